The van der Waals surface area contributed by atoms with Crippen molar-refractivity contribution in [2.75, 3.05) is 31.1 Å². The molecule has 4 rings (SSSR count). The highest BCUT2D eigenvalue weighted by Crippen LogP contribution is 2.22. The molecule has 0 saturated carbocycles. The molecule has 1 aromatic heterocycles. The van der Waals surface area contributed by atoms with Crippen LogP contribution in [-0.4, -0.2) is 53.3 Å². The van der Waals surface area contributed by atoms with Crippen LogP contribution in [0.15, 0.2) is 35.1 Å². The first-order valence-electron chi connectivity index (χ1n) is 10.3. The summed E-state index contributed by atoms with van der Waals surface area (Å²) < 4.78 is 5.81. The topological polar surface area (TPSA) is 61.5 Å². The minimum Gasteiger partial charge on any atom is -0.372 e. The third-order valence-electron chi connectivity index (χ3n) is 5.76. The fourth-order valence-electron chi connectivity index (χ4n) is 4.41. The molecule has 3 atom stereocenters. The molecule has 6 heteroatoms. The molecule has 6 nitrogen and oxygen atoms in total. The maximum atomic E-state index is 12.7. The van der Waals surface area contributed by atoms with Crippen LogP contribution in [-0.2, 0) is 17.7 Å². The summed E-state index contributed by atoms with van der Waals surface area (Å²) in [6, 6.07) is 10.6. The van der Waals surface area contributed by atoms with Gasteiger partial charge in [-0.05, 0) is 31.7 Å². The number of hydrogen-bond donors (Lipinski definition) is 1. The zero-order chi connectivity index (χ0) is 19.7. The van der Waals surface area contributed by atoms with E-state index in [-0.39, 0.29) is 17.8 Å². The van der Waals surface area contributed by atoms with Crippen molar-refractivity contribution in [2.45, 2.75) is 51.9 Å². The molecule has 2 aliphatic heterocycles. The van der Waals surface area contributed by atoms with Gasteiger partial charge in [0.05, 0.1) is 17.9 Å². The Morgan fingerprint density at radius 2 is 1.93 bits per heavy atom. The third-order valence-corrected chi connectivity index (χ3v) is 5.76. The molecule has 0 radical (unpaired) electrons. The smallest absolute Gasteiger partial charge is 0.255 e. The van der Waals surface area contributed by atoms with Crippen LogP contribution in [0.1, 0.15) is 43.5 Å². The number of anilines is 1. The molecule has 3 heterocycles. The second-order valence-corrected chi connectivity index (χ2v) is 8.27. The maximum Gasteiger partial charge on any atom is 0.255 e. The second-order valence-electron chi connectivity index (χ2n) is 8.27. The Hall–Kier alpha value is -2.18. The van der Waals surface area contributed by atoms with Crippen LogP contribution in [0, 0.1) is 0 Å². The van der Waals surface area contributed by atoms with Gasteiger partial charge in [-0.1, -0.05) is 37.3 Å². The zero-order valence-electron chi connectivity index (χ0n) is 17.0. The summed E-state index contributed by atoms with van der Waals surface area (Å²) in [7, 11) is 0. The van der Waals surface area contributed by atoms with Gasteiger partial charge >= 0.3 is 0 Å². The lowest BCUT2D eigenvalue weighted by atomic mass is 9.99. The molecule has 1 aromatic carbocycles. The summed E-state index contributed by atoms with van der Waals surface area (Å²) in [6.45, 7) is 10.5. The number of aromatic nitrogens is 2. The molecule has 0 bridgehead atoms. The normalized spacial score (nSPS) is 24.0. The highest BCUT2D eigenvalue weighted by molar-refractivity contribution is 5.35. The molecular weight excluding hydrogens is 352 g/mol. The monoisotopic (exact) mass is 382 g/mol. The molecule has 0 unspecified atom stereocenters. The van der Waals surface area contributed by atoms with E-state index in [0.717, 1.165) is 50.4 Å². The van der Waals surface area contributed by atoms with Gasteiger partial charge in [0.2, 0.25) is 5.95 Å². The van der Waals surface area contributed by atoms with Gasteiger partial charge in [0.1, 0.15) is 0 Å². The van der Waals surface area contributed by atoms with E-state index < -0.39 is 0 Å². The Morgan fingerprint density at radius 1 is 1.21 bits per heavy atom. The minimum absolute atomic E-state index is 0.0163. The van der Waals surface area contributed by atoms with Crippen molar-refractivity contribution < 1.29 is 4.74 Å². The van der Waals surface area contributed by atoms with Crippen molar-refractivity contribution in [3.63, 3.8) is 0 Å². The molecule has 28 heavy (non-hydrogen) atoms. The highest BCUT2D eigenvalue weighted by Gasteiger charge is 2.27. The van der Waals surface area contributed by atoms with Crippen molar-refractivity contribution >= 4 is 5.95 Å². The summed E-state index contributed by atoms with van der Waals surface area (Å²) in [5.74, 6) is 1.13. The first-order chi connectivity index (χ1) is 13.5. The van der Waals surface area contributed by atoms with E-state index >= 15 is 0 Å². The van der Waals surface area contributed by atoms with Crippen molar-refractivity contribution in [3.05, 3.63) is 57.5 Å². The Morgan fingerprint density at radius 3 is 2.64 bits per heavy atom. The average molecular weight is 383 g/mol. The fraction of sp³-hybridized carbons (Fsp3) is 0.545. The zero-order valence-corrected chi connectivity index (χ0v) is 17.0. The molecular formula is C22H30N4O2. The number of H-pyrrole nitrogens is 1. The first kappa shape index (κ1) is 19.2. The van der Waals surface area contributed by atoms with Crippen molar-refractivity contribution in [1.82, 2.24) is 14.9 Å². The molecule has 2 aliphatic rings. The minimum atomic E-state index is 0.0163. The Labute approximate surface area is 166 Å². The average Bonchev–Trinajstić information content (AvgIpc) is 2.67. The van der Waals surface area contributed by atoms with Crippen LogP contribution in [0.2, 0.25) is 0 Å². The summed E-state index contributed by atoms with van der Waals surface area (Å²) in [6.07, 6.45) is 1.02. The van der Waals surface area contributed by atoms with Gasteiger partial charge < -0.3 is 9.64 Å². The number of rotatable bonds is 4. The number of aromatic amines is 1. The van der Waals surface area contributed by atoms with Crippen LogP contribution in [0.4, 0.5) is 5.95 Å². The van der Waals surface area contributed by atoms with Gasteiger partial charge in [0.15, 0.2) is 0 Å². The third kappa shape index (κ3) is 4.13. The molecule has 0 spiro atoms. The van der Waals surface area contributed by atoms with E-state index in [9.17, 15) is 4.79 Å². The Kier molecular flexibility index (Phi) is 5.51. The highest BCUT2D eigenvalue weighted by atomic mass is 16.5. The number of hydrogen-bond acceptors (Lipinski definition) is 5. The Balaban J connectivity index is 1.51. The lowest BCUT2D eigenvalue weighted by molar-refractivity contribution is -0.00576. The molecule has 2 aromatic rings. The fourth-order valence-corrected chi connectivity index (χ4v) is 4.41. The molecule has 0 aliphatic carbocycles. The van der Waals surface area contributed by atoms with E-state index in [0.29, 0.717) is 11.9 Å². The van der Waals surface area contributed by atoms with Crippen LogP contribution in [0.25, 0.3) is 0 Å². The van der Waals surface area contributed by atoms with E-state index in [2.05, 4.69) is 65.9 Å². The lowest BCUT2D eigenvalue weighted by Crippen LogP contribution is -2.47. The van der Waals surface area contributed by atoms with Gasteiger partial charge in [-0.3, -0.25) is 14.7 Å². The van der Waals surface area contributed by atoms with Crippen LogP contribution in [0.3, 0.4) is 0 Å². The lowest BCUT2D eigenvalue weighted by Gasteiger charge is -2.36. The SMILES string of the molecule is C[C@@H]1CN(c2nc3c(c(=O)[nH]2)CCN(C[C@@H](C)c2ccccc2)C3)C[C@H](C)O1. The summed E-state index contributed by atoms with van der Waals surface area (Å²) in [4.78, 5) is 25.1. The van der Waals surface area contributed by atoms with Crippen LogP contribution >= 0.6 is 0 Å². The molecule has 150 valence electrons. The van der Waals surface area contributed by atoms with Gasteiger partial charge in [-0.2, -0.15) is 0 Å². The number of nitrogens with zero attached hydrogens (tertiary/aromatic N) is 3. The van der Waals surface area contributed by atoms with E-state index in [1.165, 1.54) is 5.56 Å². The van der Waals surface area contributed by atoms with Gasteiger partial charge in [0.25, 0.3) is 5.56 Å². The number of fused-ring (bicyclic) bond motifs is 1. The largest absolute Gasteiger partial charge is 0.372 e. The number of benzene rings is 1. The number of nitrogens with one attached hydrogen (secondary N) is 1. The van der Waals surface area contributed by atoms with Crippen LogP contribution < -0.4 is 10.5 Å². The molecule has 1 fully saturated rings. The standard InChI is InChI=1S/C22H30N4O2/c1-15(18-7-5-4-6-8-18)11-25-10-9-19-20(14-25)23-22(24-21(19)27)26-12-16(2)28-17(3)13-26/h4-8,15-17H,9-14H2,1-3H3,(H,23,24,27)/t15-,16-,17+/m1/s1. The van der Waals surface area contributed by atoms with Crippen molar-refractivity contribution in [3.8, 4) is 0 Å². The maximum absolute atomic E-state index is 12.7. The Bertz CT molecular complexity index is 857. The van der Waals surface area contributed by atoms with Crippen LogP contribution in [0.5, 0.6) is 0 Å². The van der Waals surface area contributed by atoms with E-state index in [1.807, 2.05) is 0 Å². The number of morpholine rings is 1. The van der Waals surface area contributed by atoms with Crippen molar-refractivity contribution in [1.29, 1.82) is 0 Å². The van der Waals surface area contributed by atoms with E-state index in [4.69, 9.17) is 9.72 Å². The summed E-state index contributed by atoms with van der Waals surface area (Å²) in [5.41, 5.74) is 3.14. The van der Waals surface area contributed by atoms with Gasteiger partial charge in [0, 0.05) is 38.3 Å². The van der Waals surface area contributed by atoms with Crippen molar-refractivity contribution in [2.24, 2.45) is 0 Å². The molecule has 1 N–H and O–H groups in total. The second kappa shape index (κ2) is 8.05. The molecule has 0 amide bonds. The summed E-state index contributed by atoms with van der Waals surface area (Å²) in [5, 5.41) is 0. The quantitative estimate of drug-likeness (QED) is 0.881. The van der Waals surface area contributed by atoms with Gasteiger partial charge in [-0.25, -0.2) is 4.98 Å². The predicted molar refractivity (Wildman–Crippen MR) is 111 cm³/mol. The summed E-state index contributed by atoms with van der Waals surface area (Å²) >= 11 is 0. The van der Waals surface area contributed by atoms with E-state index in [1.54, 1.807) is 0 Å². The first-order valence-corrected chi connectivity index (χ1v) is 10.3. The predicted octanol–water partition coefficient (Wildman–Crippen LogP) is 2.55. The number of ether oxygens (including phenoxy) is 1. The molecule has 1 saturated heterocycles. The van der Waals surface area contributed by atoms with Gasteiger partial charge in [-0.15, -0.1) is 0 Å².